The van der Waals surface area contributed by atoms with E-state index in [0.717, 1.165) is 70.6 Å². The van der Waals surface area contributed by atoms with Crippen LogP contribution in [0.4, 0.5) is 0 Å². The van der Waals surface area contributed by atoms with Crippen molar-refractivity contribution in [1.82, 2.24) is 0 Å². The number of allylic oxidation sites excluding steroid dienone is 11. The van der Waals surface area contributed by atoms with Gasteiger partial charge in [0.1, 0.15) is 12.7 Å². The largest absolute Gasteiger partial charge is 0.472 e. The summed E-state index contributed by atoms with van der Waals surface area (Å²) >= 11 is 0. The molecule has 11 nitrogen and oxygen atoms in total. The Balaban J connectivity index is 4.52. The van der Waals surface area contributed by atoms with Gasteiger partial charge in [-0.05, 0) is 70.6 Å². The topological polar surface area (TPSA) is 169 Å². The zero-order chi connectivity index (χ0) is 40.0. The highest BCUT2D eigenvalue weighted by Crippen LogP contribution is 2.43. The maximum atomic E-state index is 12.6. The average Bonchev–Trinajstić information content (AvgIpc) is 3.15. The highest BCUT2D eigenvalue weighted by molar-refractivity contribution is 7.47. The molecule has 0 aliphatic heterocycles. The summed E-state index contributed by atoms with van der Waals surface area (Å²) in [5, 5.41) is 28.4. The van der Waals surface area contributed by atoms with Crippen LogP contribution in [0.25, 0.3) is 0 Å². The van der Waals surface area contributed by atoms with Crippen molar-refractivity contribution in [3.63, 3.8) is 0 Å². The van der Waals surface area contributed by atoms with E-state index in [0.29, 0.717) is 19.3 Å². The Labute approximate surface area is 325 Å². The molecule has 0 spiro atoms. The van der Waals surface area contributed by atoms with E-state index in [1.807, 2.05) is 18.2 Å². The van der Waals surface area contributed by atoms with E-state index in [4.69, 9.17) is 19.1 Å². The third kappa shape index (κ3) is 36.4. The third-order valence-electron chi connectivity index (χ3n) is 7.95. The SMILES string of the molecule is CC/C=C/C/C=C/C=C/C(O)CCCCCCCC(=O)OC[C@H](COP(=O)(O)OC[C@@H](O)CO)OC(=O)CCCC/C=C\C/C=C\C/C=C\CCCCC. The molecular weight excluding hydrogens is 711 g/mol. The number of aliphatic hydroxyl groups excluding tert-OH is 3. The van der Waals surface area contributed by atoms with Crippen LogP contribution < -0.4 is 0 Å². The summed E-state index contributed by atoms with van der Waals surface area (Å²) in [5.74, 6) is -1.06. The van der Waals surface area contributed by atoms with Crippen molar-refractivity contribution in [1.29, 1.82) is 0 Å². The molecule has 0 rings (SSSR count). The van der Waals surface area contributed by atoms with E-state index in [2.05, 4.69) is 67.0 Å². The Hall–Kier alpha value is -2.63. The number of ether oxygens (including phenoxy) is 2. The molecule has 0 aromatic carbocycles. The van der Waals surface area contributed by atoms with Crippen LogP contribution in [0.3, 0.4) is 0 Å². The molecule has 0 saturated carbocycles. The minimum absolute atomic E-state index is 0.111. The fraction of sp³-hybridized carbons (Fsp3) is 0.667. The summed E-state index contributed by atoms with van der Waals surface area (Å²) < 4.78 is 32.5. The first-order valence-corrected chi connectivity index (χ1v) is 21.5. The molecule has 0 heterocycles. The highest BCUT2D eigenvalue weighted by atomic mass is 31.2. The van der Waals surface area contributed by atoms with Gasteiger partial charge >= 0.3 is 19.8 Å². The molecule has 0 aliphatic carbocycles. The van der Waals surface area contributed by atoms with Crippen LogP contribution in [-0.4, -0.2) is 76.9 Å². The Morgan fingerprint density at radius 1 is 0.648 bits per heavy atom. The summed E-state index contributed by atoms with van der Waals surface area (Å²) in [5.41, 5.74) is 0. The van der Waals surface area contributed by atoms with E-state index in [9.17, 15) is 29.3 Å². The van der Waals surface area contributed by atoms with Gasteiger partial charge in [-0.2, -0.15) is 0 Å². The molecule has 0 aromatic rings. The molecule has 0 radical (unpaired) electrons. The van der Waals surface area contributed by atoms with Crippen LogP contribution in [0, 0.1) is 0 Å². The molecule has 12 heteroatoms. The standard InChI is InChI=1S/C42H71O11P/c1-3-5-7-9-11-12-13-14-15-16-17-18-20-24-29-33-42(47)53-40(37-52-54(48,49)51-35-39(45)34-43)36-50-41(46)32-28-25-21-23-27-31-38(44)30-26-22-19-10-8-6-4-2/h6,8,11-12,14-15,17-19,22,26,30,38-40,43-45H,3-5,7,9-10,13,16,20-21,23-25,27-29,31-37H2,1-2H3,(H,48,49)/b8-6+,12-11-,15-14-,18-17-,22-19+,30-26+/t38?,39-,40+/m0/s1. The summed E-state index contributed by atoms with van der Waals surface area (Å²) in [6, 6.07) is 0. The number of unbranched alkanes of at least 4 members (excludes halogenated alkanes) is 9. The van der Waals surface area contributed by atoms with Crippen molar-refractivity contribution >= 4 is 19.8 Å². The van der Waals surface area contributed by atoms with E-state index in [1.165, 1.54) is 19.3 Å². The molecule has 0 bridgehead atoms. The average molecular weight is 783 g/mol. The molecule has 310 valence electrons. The van der Waals surface area contributed by atoms with E-state index < -0.39 is 57.9 Å². The second-order valence-electron chi connectivity index (χ2n) is 13.1. The van der Waals surface area contributed by atoms with Crippen LogP contribution in [0.2, 0.25) is 0 Å². The minimum Gasteiger partial charge on any atom is -0.462 e. The van der Waals surface area contributed by atoms with E-state index in [-0.39, 0.29) is 19.4 Å². The molecule has 4 atom stereocenters. The first kappa shape index (κ1) is 51.4. The lowest BCUT2D eigenvalue weighted by Crippen LogP contribution is -2.29. The lowest BCUT2D eigenvalue weighted by Gasteiger charge is -2.20. The van der Waals surface area contributed by atoms with Gasteiger partial charge in [-0.25, -0.2) is 4.57 Å². The first-order chi connectivity index (χ1) is 26.1. The molecule has 4 N–H and O–H groups in total. The number of esters is 2. The van der Waals surface area contributed by atoms with Crippen LogP contribution in [0.15, 0.2) is 72.9 Å². The molecule has 0 amide bonds. The number of aliphatic hydroxyl groups is 3. The summed E-state index contributed by atoms with van der Waals surface area (Å²) in [4.78, 5) is 34.9. The van der Waals surface area contributed by atoms with Gasteiger partial charge in [0.2, 0.25) is 0 Å². The van der Waals surface area contributed by atoms with Gasteiger partial charge in [-0.1, -0.05) is 125 Å². The van der Waals surface area contributed by atoms with Crippen LogP contribution in [-0.2, 0) is 32.7 Å². The lowest BCUT2D eigenvalue weighted by atomic mass is 10.1. The second-order valence-corrected chi connectivity index (χ2v) is 14.6. The highest BCUT2D eigenvalue weighted by Gasteiger charge is 2.27. The van der Waals surface area contributed by atoms with Crippen molar-refractivity contribution in [2.24, 2.45) is 0 Å². The Morgan fingerprint density at radius 2 is 1.22 bits per heavy atom. The predicted octanol–water partition coefficient (Wildman–Crippen LogP) is 9.08. The van der Waals surface area contributed by atoms with Crippen molar-refractivity contribution in [3.8, 4) is 0 Å². The van der Waals surface area contributed by atoms with Crippen molar-refractivity contribution in [3.05, 3.63) is 72.9 Å². The van der Waals surface area contributed by atoms with Gasteiger partial charge in [0.15, 0.2) is 6.10 Å². The van der Waals surface area contributed by atoms with Gasteiger partial charge in [0.25, 0.3) is 0 Å². The number of carbonyl (C=O) groups excluding carboxylic acids is 2. The predicted molar refractivity (Wildman–Crippen MR) is 216 cm³/mol. The summed E-state index contributed by atoms with van der Waals surface area (Å²) in [7, 11) is -4.65. The number of hydrogen-bond acceptors (Lipinski definition) is 10. The molecule has 2 unspecified atom stereocenters. The van der Waals surface area contributed by atoms with Gasteiger partial charge in [-0.3, -0.25) is 18.6 Å². The summed E-state index contributed by atoms with van der Waals surface area (Å²) in [6.45, 7) is 2.03. The molecule has 0 saturated heterocycles. The van der Waals surface area contributed by atoms with Gasteiger partial charge in [0.05, 0.1) is 25.9 Å². The maximum absolute atomic E-state index is 12.6. The smallest absolute Gasteiger partial charge is 0.462 e. The number of carbonyl (C=O) groups is 2. The van der Waals surface area contributed by atoms with Gasteiger partial charge < -0.3 is 29.7 Å². The van der Waals surface area contributed by atoms with Gasteiger partial charge in [0, 0.05) is 12.8 Å². The molecule has 0 fully saturated rings. The Kier molecular flexibility index (Phi) is 35.5. The molecule has 54 heavy (non-hydrogen) atoms. The number of hydrogen-bond donors (Lipinski definition) is 4. The van der Waals surface area contributed by atoms with E-state index >= 15 is 0 Å². The number of phosphoric acid groups is 1. The zero-order valence-electron chi connectivity index (χ0n) is 33.0. The monoisotopic (exact) mass is 782 g/mol. The number of rotatable bonds is 36. The summed E-state index contributed by atoms with van der Waals surface area (Å²) in [6.07, 6.45) is 37.5. The maximum Gasteiger partial charge on any atom is 0.472 e. The molecule has 0 aromatic heterocycles. The second kappa shape index (κ2) is 37.3. The first-order valence-electron chi connectivity index (χ1n) is 20.0. The fourth-order valence-corrected chi connectivity index (χ4v) is 5.62. The molecule has 0 aliphatic rings. The van der Waals surface area contributed by atoms with Crippen LogP contribution in [0.1, 0.15) is 136 Å². The Morgan fingerprint density at radius 3 is 1.91 bits per heavy atom. The zero-order valence-corrected chi connectivity index (χ0v) is 33.9. The van der Waals surface area contributed by atoms with Crippen LogP contribution in [0.5, 0.6) is 0 Å². The fourth-order valence-electron chi connectivity index (χ4n) is 4.83. The van der Waals surface area contributed by atoms with Crippen molar-refractivity contribution in [2.45, 2.75) is 154 Å². The van der Waals surface area contributed by atoms with Crippen LogP contribution >= 0.6 is 7.82 Å². The number of phosphoric ester groups is 1. The lowest BCUT2D eigenvalue weighted by molar-refractivity contribution is -0.161. The minimum atomic E-state index is -4.65. The normalized spacial score (nSPS) is 15.3. The quantitative estimate of drug-likeness (QED) is 0.0157. The van der Waals surface area contributed by atoms with E-state index in [1.54, 1.807) is 6.08 Å². The Bertz CT molecular complexity index is 1150. The van der Waals surface area contributed by atoms with Crippen molar-refractivity contribution in [2.75, 3.05) is 26.4 Å². The van der Waals surface area contributed by atoms with Crippen molar-refractivity contribution < 1.29 is 52.9 Å². The third-order valence-corrected chi connectivity index (χ3v) is 8.90. The van der Waals surface area contributed by atoms with Gasteiger partial charge in [-0.15, -0.1) is 0 Å². The molecular formula is C42H71O11P.